The summed E-state index contributed by atoms with van der Waals surface area (Å²) in [7, 11) is 2.17. The van der Waals surface area contributed by atoms with Gasteiger partial charge in [-0.1, -0.05) is 0 Å². The van der Waals surface area contributed by atoms with Gasteiger partial charge in [-0.25, -0.2) is 0 Å². The third-order valence-electron chi connectivity index (χ3n) is 3.55. The van der Waals surface area contributed by atoms with Crippen LogP contribution in [-0.4, -0.2) is 49.3 Å². The normalized spacial score (nSPS) is 43.0. The molecule has 0 aromatic heterocycles. The van der Waals surface area contributed by atoms with Gasteiger partial charge in [0.1, 0.15) is 0 Å². The Morgan fingerprint density at radius 1 is 1.67 bits per heavy atom. The van der Waals surface area contributed by atoms with E-state index in [-0.39, 0.29) is 5.41 Å². The molecule has 12 heavy (non-hydrogen) atoms. The minimum Gasteiger partial charge on any atom is -0.396 e. The monoisotopic (exact) mass is 170 g/mol. The van der Waals surface area contributed by atoms with Crippen LogP contribution in [-0.2, 0) is 0 Å². The van der Waals surface area contributed by atoms with E-state index in [0.717, 1.165) is 13.1 Å². The smallest absolute Gasteiger partial charge is 0.0515 e. The molecule has 3 nitrogen and oxygen atoms in total. The maximum atomic E-state index is 9.40. The van der Waals surface area contributed by atoms with Crippen LogP contribution in [0.5, 0.6) is 0 Å². The summed E-state index contributed by atoms with van der Waals surface area (Å²) in [5.74, 6) is 0. The number of fused-ring (bicyclic) bond motifs is 1. The first-order chi connectivity index (χ1) is 5.78. The largest absolute Gasteiger partial charge is 0.396 e. The number of piperidine rings is 1. The van der Waals surface area contributed by atoms with Crippen molar-refractivity contribution in [1.82, 2.24) is 10.2 Å². The number of nitrogens with zero attached hydrogens (tertiary/aromatic N) is 1. The Balaban J connectivity index is 2.17. The maximum absolute atomic E-state index is 9.40. The fourth-order valence-corrected chi connectivity index (χ4v) is 2.75. The third kappa shape index (κ3) is 1.08. The highest BCUT2D eigenvalue weighted by Gasteiger charge is 2.46. The van der Waals surface area contributed by atoms with E-state index in [1.807, 2.05) is 0 Å². The van der Waals surface area contributed by atoms with Gasteiger partial charge in [-0.2, -0.15) is 0 Å². The van der Waals surface area contributed by atoms with Crippen molar-refractivity contribution in [3.05, 3.63) is 0 Å². The van der Waals surface area contributed by atoms with E-state index in [1.165, 1.54) is 19.4 Å². The Kier molecular flexibility index (Phi) is 2.10. The predicted molar refractivity (Wildman–Crippen MR) is 48.0 cm³/mol. The zero-order chi connectivity index (χ0) is 8.60. The van der Waals surface area contributed by atoms with Crippen molar-refractivity contribution in [2.75, 3.05) is 33.3 Å². The number of aliphatic hydroxyl groups excluding tert-OH is 1. The second-order valence-electron chi connectivity index (χ2n) is 4.25. The molecular formula is C9H18N2O. The summed E-state index contributed by atoms with van der Waals surface area (Å²) < 4.78 is 0. The number of rotatable bonds is 1. The van der Waals surface area contributed by atoms with E-state index in [2.05, 4.69) is 17.3 Å². The van der Waals surface area contributed by atoms with Crippen molar-refractivity contribution in [2.24, 2.45) is 5.41 Å². The van der Waals surface area contributed by atoms with E-state index >= 15 is 0 Å². The summed E-state index contributed by atoms with van der Waals surface area (Å²) in [6.07, 6.45) is 2.42. The summed E-state index contributed by atoms with van der Waals surface area (Å²) in [5, 5.41) is 12.8. The lowest BCUT2D eigenvalue weighted by atomic mass is 9.76. The van der Waals surface area contributed by atoms with Crippen molar-refractivity contribution in [1.29, 1.82) is 0 Å². The van der Waals surface area contributed by atoms with Gasteiger partial charge in [-0.15, -0.1) is 0 Å². The zero-order valence-electron chi connectivity index (χ0n) is 7.71. The zero-order valence-corrected chi connectivity index (χ0v) is 7.71. The van der Waals surface area contributed by atoms with Gasteiger partial charge in [0.05, 0.1) is 6.61 Å². The highest BCUT2D eigenvalue weighted by molar-refractivity contribution is 5.02. The van der Waals surface area contributed by atoms with Crippen molar-refractivity contribution in [2.45, 2.75) is 18.9 Å². The minimum atomic E-state index is 0.174. The van der Waals surface area contributed by atoms with E-state index in [9.17, 15) is 5.11 Å². The molecule has 2 heterocycles. The lowest BCUT2D eigenvalue weighted by molar-refractivity contribution is 0.0206. The fraction of sp³-hybridized carbons (Fsp3) is 1.00. The molecule has 3 heteroatoms. The molecule has 0 radical (unpaired) electrons. The van der Waals surface area contributed by atoms with Crippen LogP contribution in [0.25, 0.3) is 0 Å². The van der Waals surface area contributed by atoms with Crippen LogP contribution in [0.1, 0.15) is 12.8 Å². The van der Waals surface area contributed by atoms with Crippen LogP contribution in [0.4, 0.5) is 0 Å². The molecule has 0 aromatic carbocycles. The van der Waals surface area contributed by atoms with Crippen molar-refractivity contribution in [3.8, 4) is 0 Å². The van der Waals surface area contributed by atoms with E-state index in [4.69, 9.17) is 0 Å². The summed E-state index contributed by atoms with van der Waals surface area (Å²) in [5.41, 5.74) is 0.174. The van der Waals surface area contributed by atoms with Crippen LogP contribution in [0.2, 0.25) is 0 Å². The first-order valence-electron chi connectivity index (χ1n) is 4.80. The first kappa shape index (κ1) is 8.48. The minimum absolute atomic E-state index is 0.174. The van der Waals surface area contributed by atoms with Crippen LogP contribution in [0.3, 0.4) is 0 Å². The van der Waals surface area contributed by atoms with Crippen LogP contribution < -0.4 is 5.32 Å². The summed E-state index contributed by atoms with van der Waals surface area (Å²) >= 11 is 0. The lowest BCUT2D eigenvalue weighted by Gasteiger charge is -2.43. The Hall–Kier alpha value is -0.120. The standard InChI is InChI=1S/C9H18N2O/c1-11-4-2-3-9(7-12)6-10-5-8(9)11/h8,10,12H,2-7H2,1H3/t8-,9-/m0/s1. The van der Waals surface area contributed by atoms with E-state index < -0.39 is 0 Å². The number of hydrogen-bond donors (Lipinski definition) is 2. The molecule has 0 aromatic rings. The molecule has 2 rings (SSSR count). The number of hydrogen-bond acceptors (Lipinski definition) is 3. The highest BCUT2D eigenvalue weighted by atomic mass is 16.3. The Labute approximate surface area is 73.8 Å². The molecule has 2 saturated heterocycles. The molecule has 0 unspecified atom stereocenters. The van der Waals surface area contributed by atoms with Gasteiger partial charge in [0.2, 0.25) is 0 Å². The average Bonchev–Trinajstić information content (AvgIpc) is 2.50. The summed E-state index contributed by atoms with van der Waals surface area (Å²) in [6, 6.07) is 0.566. The second-order valence-corrected chi connectivity index (χ2v) is 4.25. The quantitative estimate of drug-likeness (QED) is 0.565. The van der Waals surface area contributed by atoms with Crippen LogP contribution in [0.15, 0.2) is 0 Å². The van der Waals surface area contributed by atoms with Crippen LogP contribution >= 0.6 is 0 Å². The Morgan fingerprint density at radius 3 is 3.17 bits per heavy atom. The molecule has 70 valence electrons. The molecule has 0 saturated carbocycles. The lowest BCUT2D eigenvalue weighted by Crippen LogP contribution is -2.51. The van der Waals surface area contributed by atoms with Crippen molar-refractivity contribution < 1.29 is 5.11 Å². The van der Waals surface area contributed by atoms with Crippen LogP contribution in [0, 0.1) is 5.41 Å². The van der Waals surface area contributed by atoms with E-state index in [1.54, 1.807) is 0 Å². The Morgan fingerprint density at radius 2 is 2.50 bits per heavy atom. The molecular weight excluding hydrogens is 152 g/mol. The maximum Gasteiger partial charge on any atom is 0.0515 e. The predicted octanol–water partition coefficient (Wildman–Crippen LogP) is -0.337. The topological polar surface area (TPSA) is 35.5 Å². The third-order valence-corrected chi connectivity index (χ3v) is 3.55. The number of nitrogens with one attached hydrogen (secondary N) is 1. The summed E-state index contributed by atoms with van der Waals surface area (Å²) in [4.78, 5) is 2.39. The van der Waals surface area contributed by atoms with Crippen molar-refractivity contribution >= 4 is 0 Å². The van der Waals surface area contributed by atoms with Gasteiger partial charge in [0, 0.05) is 24.5 Å². The van der Waals surface area contributed by atoms with Crippen molar-refractivity contribution in [3.63, 3.8) is 0 Å². The first-order valence-corrected chi connectivity index (χ1v) is 4.80. The van der Waals surface area contributed by atoms with Gasteiger partial charge in [-0.05, 0) is 26.4 Å². The Bertz CT molecular complexity index is 174. The number of likely N-dealkylation sites (tertiary alicyclic amines) is 1. The molecule has 0 bridgehead atoms. The van der Waals surface area contributed by atoms with Gasteiger partial charge >= 0.3 is 0 Å². The molecule has 0 aliphatic carbocycles. The molecule has 2 aliphatic heterocycles. The van der Waals surface area contributed by atoms with Gasteiger partial charge in [0.15, 0.2) is 0 Å². The van der Waals surface area contributed by atoms with E-state index in [0.29, 0.717) is 12.6 Å². The summed E-state index contributed by atoms with van der Waals surface area (Å²) in [6.45, 7) is 3.58. The van der Waals surface area contributed by atoms with Gasteiger partial charge in [0.25, 0.3) is 0 Å². The fourth-order valence-electron chi connectivity index (χ4n) is 2.75. The molecule has 2 atom stereocenters. The number of likely N-dealkylation sites (N-methyl/N-ethyl adjacent to an activating group) is 1. The molecule has 2 aliphatic rings. The SMILES string of the molecule is CN1CCC[C@@]2(CO)CNC[C@H]12. The average molecular weight is 170 g/mol. The molecule has 0 spiro atoms. The molecule has 2 N–H and O–H groups in total. The molecule has 0 amide bonds. The highest BCUT2D eigenvalue weighted by Crippen LogP contribution is 2.37. The molecule has 2 fully saturated rings. The number of aliphatic hydroxyl groups is 1. The van der Waals surface area contributed by atoms with Gasteiger partial charge < -0.3 is 15.3 Å². The second kappa shape index (κ2) is 2.98. The van der Waals surface area contributed by atoms with Gasteiger partial charge in [-0.3, -0.25) is 0 Å².